The Morgan fingerprint density at radius 1 is 1.25 bits per heavy atom. The van der Waals surface area contributed by atoms with Crippen LogP contribution in [0.4, 0.5) is 0 Å². The van der Waals surface area contributed by atoms with Crippen LogP contribution in [-0.4, -0.2) is 29.9 Å². The smallest absolute Gasteiger partial charge is 0.272 e. The SMILES string of the molecule is CN(C)C(=O)c1cc(Oc2cccc(CN)c2)ccn1. The molecule has 1 amide bonds. The van der Waals surface area contributed by atoms with Crippen molar-refractivity contribution in [1.82, 2.24) is 9.88 Å². The molecule has 0 fully saturated rings. The number of carbonyl (C=O) groups is 1. The fourth-order valence-electron chi connectivity index (χ4n) is 1.69. The van der Waals surface area contributed by atoms with Crippen LogP contribution < -0.4 is 10.5 Å². The first kappa shape index (κ1) is 14.0. The second-order valence-corrected chi connectivity index (χ2v) is 4.53. The third kappa shape index (κ3) is 3.33. The number of pyridine rings is 1. The molecule has 2 N–H and O–H groups in total. The van der Waals surface area contributed by atoms with E-state index in [0.717, 1.165) is 5.56 Å². The van der Waals surface area contributed by atoms with Crippen LogP contribution in [0.15, 0.2) is 42.6 Å². The van der Waals surface area contributed by atoms with Crippen LogP contribution in [-0.2, 0) is 6.54 Å². The van der Waals surface area contributed by atoms with E-state index in [1.165, 1.54) is 4.90 Å². The fraction of sp³-hybridized carbons (Fsp3) is 0.200. The maximum absolute atomic E-state index is 11.8. The summed E-state index contributed by atoms with van der Waals surface area (Å²) in [7, 11) is 3.37. The largest absolute Gasteiger partial charge is 0.457 e. The number of nitrogens with two attached hydrogens (primary N) is 1. The maximum Gasteiger partial charge on any atom is 0.272 e. The normalized spacial score (nSPS) is 10.2. The summed E-state index contributed by atoms with van der Waals surface area (Å²) in [6.07, 6.45) is 1.55. The number of hydrogen-bond acceptors (Lipinski definition) is 4. The number of aromatic nitrogens is 1. The van der Waals surface area contributed by atoms with Crippen molar-refractivity contribution in [3.8, 4) is 11.5 Å². The summed E-state index contributed by atoms with van der Waals surface area (Å²) >= 11 is 0. The van der Waals surface area contributed by atoms with Gasteiger partial charge in [0.2, 0.25) is 0 Å². The van der Waals surface area contributed by atoms with Crippen LogP contribution in [0.5, 0.6) is 11.5 Å². The molecule has 0 atom stereocenters. The van der Waals surface area contributed by atoms with Crippen LogP contribution in [0.25, 0.3) is 0 Å². The van der Waals surface area contributed by atoms with Gasteiger partial charge in [-0.25, -0.2) is 0 Å². The van der Waals surface area contributed by atoms with Gasteiger partial charge in [0.1, 0.15) is 17.2 Å². The molecule has 5 nitrogen and oxygen atoms in total. The number of rotatable bonds is 4. The summed E-state index contributed by atoms with van der Waals surface area (Å²) in [5.74, 6) is 1.09. The lowest BCUT2D eigenvalue weighted by Gasteiger charge is -2.11. The number of carbonyl (C=O) groups excluding carboxylic acids is 1. The zero-order valence-corrected chi connectivity index (χ0v) is 11.5. The lowest BCUT2D eigenvalue weighted by molar-refractivity contribution is 0.0821. The van der Waals surface area contributed by atoms with Crippen molar-refractivity contribution in [2.24, 2.45) is 5.73 Å². The van der Waals surface area contributed by atoms with E-state index in [1.807, 2.05) is 24.3 Å². The van der Waals surface area contributed by atoms with Gasteiger partial charge in [-0.3, -0.25) is 9.78 Å². The highest BCUT2D eigenvalue weighted by molar-refractivity contribution is 5.92. The third-order valence-corrected chi connectivity index (χ3v) is 2.73. The molecule has 2 rings (SSSR count). The van der Waals surface area contributed by atoms with E-state index in [1.54, 1.807) is 32.4 Å². The van der Waals surface area contributed by atoms with E-state index >= 15 is 0 Å². The van der Waals surface area contributed by atoms with Gasteiger partial charge in [-0.05, 0) is 23.8 Å². The van der Waals surface area contributed by atoms with Crippen LogP contribution in [0.1, 0.15) is 16.1 Å². The Kier molecular flexibility index (Phi) is 4.32. The van der Waals surface area contributed by atoms with Crippen molar-refractivity contribution in [3.63, 3.8) is 0 Å². The Morgan fingerprint density at radius 2 is 2.00 bits per heavy atom. The molecule has 0 aliphatic carbocycles. The lowest BCUT2D eigenvalue weighted by atomic mass is 10.2. The summed E-state index contributed by atoms with van der Waals surface area (Å²) in [5.41, 5.74) is 6.93. The van der Waals surface area contributed by atoms with Gasteiger partial charge in [-0.15, -0.1) is 0 Å². The molecule has 1 aromatic carbocycles. The molecule has 0 saturated carbocycles. The Labute approximate surface area is 118 Å². The van der Waals surface area contributed by atoms with Crippen LogP contribution >= 0.6 is 0 Å². The topological polar surface area (TPSA) is 68.5 Å². The number of ether oxygens (including phenoxy) is 1. The second-order valence-electron chi connectivity index (χ2n) is 4.53. The Hall–Kier alpha value is -2.40. The molecule has 0 radical (unpaired) electrons. The standard InChI is InChI=1S/C15H17N3O2/c1-18(2)15(19)14-9-13(6-7-17-14)20-12-5-3-4-11(8-12)10-16/h3-9H,10,16H2,1-2H3. The van der Waals surface area contributed by atoms with E-state index in [-0.39, 0.29) is 5.91 Å². The van der Waals surface area contributed by atoms with Crippen molar-refractivity contribution < 1.29 is 9.53 Å². The molecule has 0 aliphatic heterocycles. The average Bonchev–Trinajstić information content (AvgIpc) is 2.47. The summed E-state index contributed by atoms with van der Waals surface area (Å²) in [4.78, 5) is 17.4. The minimum atomic E-state index is -0.161. The minimum absolute atomic E-state index is 0.161. The van der Waals surface area contributed by atoms with Gasteiger partial charge in [-0.2, -0.15) is 0 Å². The lowest BCUT2D eigenvalue weighted by Crippen LogP contribution is -2.22. The molecule has 104 valence electrons. The summed E-state index contributed by atoms with van der Waals surface area (Å²) in [5, 5.41) is 0. The first-order valence-corrected chi connectivity index (χ1v) is 6.24. The van der Waals surface area contributed by atoms with Crippen molar-refractivity contribution in [3.05, 3.63) is 53.9 Å². The molecular formula is C15H17N3O2. The first-order valence-electron chi connectivity index (χ1n) is 6.24. The molecule has 0 saturated heterocycles. The molecule has 5 heteroatoms. The maximum atomic E-state index is 11.8. The van der Waals surface area contributed by atoms with Crippen LogP contribution in [0.2, 0.25) is 0 Å². The molecule has 1 heterocycles. The van der Waals surface area contributed by atoms with Crippen molar-refractivity contribution >= 4 is 5.91 Å². The molecule has 2 aromatic rings. The Balaban J connectivity index is 2.21. The highest BCUT2D eigenvalue weighted by Gasteiger charge is 2.10. The summed E-state index contributed by atoms with van der Waals surface area (Å²) in [6, 6.07) is 10.9. The molecule has 0 aliphatic rings. The second kappa shape index (κ2) is 6.16. The van der Waals surface area contributed by atoms with Crippen LogP contribution in [0, 0.1) is 0 Å². The summed E-state index contributed by atoms with van der Waals surface area (Å²) < 4.78 is 5.73. The number of nitrogens with zero attached hydrogens (tertiary/aromatic N) is 2. The van der Waals surface area contributed by atoms with Gasteiger partial charge >= 0.3 is 0 Å². The Bertz CT molecular complexity index is 612. The first-order chi connectivity index (χ1) is 9.60. The van der Waals surface area contributed by atoms with Gasteiger partial charge in [0, 0.05) is 32.9 Å². The third-order valence-electron chi connectivity index (χ3n) is 2.73. The van der Waals surface area contributed by atoms with Gasteiger partial charge in [0.15, 0.2) is 0 Å². The van der Waals surface area contributed by atoms with E-state index < -0.39 is 0 Å². The number of hydrogen-bond donors (Lipinski definition) is 1. The highest BCUT2D eigenvalue weighted by atomic mass is 16.5. The molecule has 0 unspecified atom stereocenters. The summed E-state index contributed by atoms with van der Waals surface area (Å²) in [6.45, 7) is 0.456. The van der Waals surface area contributed by atoms with Gasteiger partial charge in [0.25, 0.3) is 5.91 Å². The Morgan fingerprint density at radius 3 is 2.70 bits per heavy atom. The van der Waals surface area contributed by atoms with Crippen molar-refractivity contribution in [2.75, 3.05) is 14.1 Å². The van der Waals surface area contributed by atoms with Gasteiger partial charge in [0.05, 0.1) is 0 Å². The quantitative estimate of drug-likeness (QED) is 0.924. The molecular weight excluding hydrogens is 254 g/mol. The van der Waals surface area contributed by atoms with Gasteiger partial charge in [-0.1, -0.05) is 12.1 Å². The monoisotopic (exact) mass is 271 g/mol. The average molecular weight is 271 g/mol. The molecule has 0 bridgehead atoms. The van der Waals surface area contributed by atoms with E-state index in [2.05, 4.69) is 4.98 Å². The molecule has 1 aromatic heterocycles. The van der Waals surface area contributed by atoms with E-state index in [4.69, 9.17) is 10.5 Å². The zero-order chi connectivity index (χ0) is 14.5. The van der Waals surface area contributed by atoms with E-state index in [0.29, 0.717) is 23.7 Å². The minimum Gasteiger partial charge on any atom is -0.457 e. The predicted molar refractivity (Wildman–Crippen MR) is 76.7 cm³/mol. The predicted octanol–water partition coefficient (Wildman–Crippen LogP) is 2.03. The highest BCUT2D eigenvalue weighted by Crippen LogP contribution is 2.22. The van der Waals surface area contributed by atoms with Crippen molar-refractivity contribution in [1.29, 1.82) is 0 Å². The number of amides is 1. The van der Waals surface area contributed by atoms with Crippen LogP contribution in [0.3, 0.4) is 0 Å². The molecule has 20 heavy (non-hydrogen) atoms. The zero-order valence-electron chi connectivity index (χ0n) is 11.5. The number of benzene rings is 1. The molecule has 0 spiro atoms. The van der Waals surface area contributed by atoms with E-state index in [9.17, 15) is 4.79 Å². The fourth-order valence-corrected chi connectivity index (χ4v) is 1.69. The van der Waals surface area contributed by atoms with Gasteiger partial charge < -0.3 is 15.4 Å². The van der Waals surface area contributed by atoms with Crippen molar-refractivity contribution in [2.45, 2.75) is 6.54 Å².